The first-order chi connectivity index (χ1) is 13.6. The summed E-state index contributed by atoms with van der Waals surface area (Å²) in [6.45, 7) is 5.61. The monoisotopic (exact) mass is 392 g/mol. The third-order valence-corrected chi connectivity index (χ3v) is 6.02. The zero-order valence-electron chi connectivity index (χ0n) is 16.2. The number of aromatic nitrogens is 2. The first-order valence-electron chi connectivity index (χ1n) is 9.61. The fourth-order valence-corrected chi connectivity index (χ4v) is 4.46. The maximum absolute atomic E-state index is 12.8. The third kappa shape index (κ3) is 4.22. The second-order valence-electron chi connectivity index (χ2n) is 7.30. The van der Waals surface area contributed by atoms with Crippen LogP contribution in [0.4, 0.5) is 11.6 Å². The number of thiophene rings is 1. The van der Waals surface area contributed by atoms with Crippen LogP contribution in [-0.4, -0.2) is 33.9 Å². The van der Waals surface area contributed by atoms with E-state index in [4.69, 9.17) is 4.98 Å². The number of aryl methyl sites for hydroxylation is 2. The minimum absolute atomic E-state index is 0.134. The van der Waals surface area contributed by atoms with E-state index in [1.54, 1.807) is 17.5 Å². The van der Waals surface area contributed by atoms with E-state index in [2.05, 4.69) is 29.4 Å². The number of anilines is 2. The van der Waals surface area contributed by atoms with E-state index in [-0.39, 0.29) is 11.8 Å². The van der Waals surface area contributed by atoms with Crippen molar-refractivity contribution < 1.29 is 4.79 Å². The van der Waals surface area contributed by atoms with Crippen molar-refractivity contribution in [2.24, 2.45) is 0 Å². The van der Waals surface area contributed by atoms with Gasteiger partial charge in [0, 0.05) is 35.8 Å². The molecule has 1 atom stereocenters. The second-order valence-corrected chi connectivity index (χ2v) is 8.59. The van der Waals surface area contributed by atoms with Gasteiger partial charge >= 0.3 is 0 Å². The molecule has 1 N–H and O–H groups in total. The van der Waals surface area contributed by atoms with Crippen LogP contribution in [-0.2, 0) is 0 Å². The minimum Gasteiger partial charge on any atom is -0.337 e. The molecule has 1 aliphatic heterocycles. The molecule has 6 heteroatoms. The molecular weight excluding hydrogens is 368 g/mol. The Bertz CT molecular complexity index is 984. The molecule has 4 rings (SSSR count). The van der Waals surface area contributed by atoms with Crippen molar-refractivity contribution in [2.75, 3.05) is 18.4 Å². The Hall–Kier alpha value is -2.73. The van der Waals surface area contributed by atoms with Gasteiger partial charge in [0.15, 0.2) is 0 Å². The standard InChI is InChI=1S/C22H24N4OS/c1-15-5-3-7-18(13-15)24-22-23-11-10-19(25-22)17-6-4-12-26(14-17)21(27)20-9-8-16(2)28-20/h3,5,7-11,13,17H,4,6,12,14H2,1-2H3,(H,23,24,25). The van der Waals surface area contributed by atoms with E-state index < -0.39 is 0 Å². The zero-order chi connectivity index (χ0) is 19.5. The molecule has 0 saturated carbocycles. The molecular formula is C22H24N4OS. The second kappa shape index (κ2) is 8.10. The predicted molar refractivity (Wildman–Crippen MR) is 113 cm³/mol. The molecule has 3 aromatic rings. The number of rotatable bonds is 4. The molecule has 2 aromatic heterocycles. The fraction of sp³-hybridized carbons (Fsp3) is 0.318. The van der Waals surface area contributed by atoms with Gasteiger partial charge in [-0.25, -0.2) is 9.97 Å². The number of nitrogens with zero attached hydrogens (tertiary/aromatic N) is 3. The van der Waals surface area contributed by atoms with Crippen LogP contribution < -0.4 is 5.32 Å². The van der Waals surface area contributed by atoms with Gasteiger partial charge in [0.2, 0.25) is 5.95 Å². The van der Waals surface area contributed by atoms with Crippen LogP contribution in [0.2, 0.25) is 0 Å². The maximum Gasteiger partial charge on any atom is 0.263 e. The average molecular weight is 393 g/mol. The number of hydrogen-bond donors (Lipinski definition) is 1. The highest BCUT2D eigenvalue weighted by Gasteiger charge is 2.27. The van der Waals surface area contributed by atoms with Crippen LogP contribution in [0.1, 0.15) is 44.6 Å². The molecule has 1 aromatic carbocycles. The molecule has 28 heavy (non-hydrogen) atoms. The van der Waals surface area contributed by atoms with E-state index in [9.17, 15) is 4.79 Å². The summed E-state index contributed by atoms with van der Waals surface area (Å²) in [7, 11) is 0. The molecule has 1 aliphatic rings. The lowest BCUT2D eigenvalue weighted by atomic mass is 9.94. The van der Waals surface area contributed by atoms with Crippen LogP contribution in [0, 0.1) is 13.8 Å². The highest BCUT2D eigenvalue weighted by molar-refractivity contribution is 7.13. The SMILES string of the molecule is Cc1cccc(Nc2nccc(C3CCCN(C(=O)c4ccc(C)s4)C3)n2)c1. The Morgan fingerprint density at radius 1 is 1.21 bits per heavy atom. The number of hydrogen-bond acceptors (Lipinski definition) is 5. The van der Waals surface area contributed by atoms with Gasteiger partial charge in [0.25, 0.3) is 5.91 Å². The average Bonchev–Trinajstić information content (AvgIpc) is 3.14. The number of carbonyl (C=O) groups is 1. The number of likely N-dealkylation sites (tertiary alicyclic amines) is 1. The van der Waals surface area contributed by atoms with Gasteiger partial charge in [-0.1, -0.05) is 12.1 Å². The highest BCUT2D eigenvalue weighted by atomic mass is 32.1. The number of amides is 1. The van der Waals surface area contributed by atoms with Gasteiger partial charge in [0.05, 0.1) is 10.6 Å². The van der Waals surface area contributed by atoms with Gasteiger partial charge < -0.3 is 10.2 Å². The van der Waals surface area contributed by atoms with E-state index in [1.165, 1.54) is 10.4 Å². The lowest BCUT2D eigenvalue weighted by molar-refractivity contribution is 0.0711. The topological polar surface area (TPSA) is 58.1 Å². The Labute approximate surface area is 169 Å². The molecule has 1 fully saturated rings. The van der Waals surface area contributed by atoms with Crippen LogP contribution in [0.3, 0.4) is 0 Å². The molecule has 1 amide bonds. The van der Waals surface area contributed by atoms with Gasteiger partial charge in [-0.05, 0) is 62.6 Å². The zero-order valence-corrected chi connectivity index (χ0v) is 17.0. The lowest BCUT2D eigenvalue weighted by Crippen LogP contribution is -2.39. The van der Waals surface area contributed by atoms with Crippen molar-refractivity contribution in [1.82, 2.24) is 14.9 Å². The van der Waals surface area contributed by atoms with Crippen LogP contribution in [0.25, 0.3) is 0 Å². The van der Waals surface area contributed by atoms with Crippen molar-refractivity contribution in [2.45, 2.75) is 32.6 Å². The summed E-state index contributed by atoms with van der Waals surface area (Å²) in [5.74, 6) is 0.968. The predicted octanol–water partition coefficient (Wildman–Crippen LogP) is 4.92. The van der Waals surface area contributed by atoms with Gasteiger partial charge in [-0.2, -0.15) is 0 Å². The maximum atomic E-state index is 12.8. The summed E-state index contributed by atoms with van der Waals surface area (Å²) < 4.78 is 0. The number of nitrogens with one attached hydrogen (secondary N) is 1. The summed E-state index contributed by atoms with van der Waals surface area (Å²) in [5.41, 5.74) is 3.15. The smallest absolute Gasteiger partial charge is 0.263 e. The first-order valence-corrected chi connectivity index (χ1v) is 10.4. The van der Waals surface area contributed by atoms with E-state index in [1.807, 2.05) is 42.2 Å². The van der Waals surface area contributed by atoms with Crippen LogP contribution in [0.15, 0.2) is 48.7 Å². The molecule has 144 valence electrons. The molecule has 0 spiro atoms. The normalized spacial score (nSPS) is 16.8. The lowest BCUT2D eigenvalue weighted by Gasteiger charge is -2.32. The first kappa shape index (κ1) is 18.6. The van der Waals surface area contributed by atoms with Gasteiger partial charge in [-0.3, -0.25) is 4.79 Å². The molecule has 1 unspecified atom stereocenters. The van der Waals surface area contributed by atoms with Crippen molar-refractivity contribution in [1.29, 1.82) is 0 Å². The Morgan fingerprint density at radius 2 is 2.11 bits per heavy atom. The molecule has 0 bridgehead atoms. The van der Waals surface area contributed by atoms with Crippen molar-refractivity contribution >= 4 is 28.9 Å². The molecule has 3 heterocycles. The number of piperidine rings is 1. The molecule has 0 aliphatic carbocycles. The molecule has 0 radical (unpaired) electrons. The largest absolute Gasteiger partial charge is 0.337 e. The summed E-state index contributed by atoms with van der Waals surface area (Å²) in [5, 5.41) is 3.29. The summed E-state index contributed by atoms with van der Waals surface area (Å²) in [6, 6.07) is 14.1. The number of benzene rings is 1. The summed E-state index contributed by atoms with van der Waals surface area (Å²) >= 11 is 1.56. The highest BCUT2D eigenvalue weighted by Crippen LogP contribution is 2.28. The van der Waals surface area contributed by atoms with Gasteiger partial charge in [0.1, 0.15) is 0 Å². The fourth-order valence-electron chi connectivity index (χ4n) is 3.62. The van der Waals surface area contributed by atoms with E-state index in [0.29, 0.717) is 12.5 Å². The summed E-state index contributed by atoms with van der Waals surface area (Å²) in [4.78, 5) is 25.9. The van der Waals surface area contributed by atoms with Crippen molar-refractivity contribution in [3.05, 3.63) is 69.7 Å². The Kier molecular flexibility index (Phi) is 5.39. The molecule has 1 saturated heterocycles. The quantitative estimate of drug-likeness (QED) is 0.685. The van der Waals surface area contributed by atoms with E-state index >= 15 is 0 Å². The molecule has 5 nitrogen and oxygen atoms in total. The van der Waals surface area contributed by atoms with Crippen LogP contribution >= 0.6 is 11.3 Å². The van der Waals surface area contributed by atoms with Crippen molar-refractivity contribution in [3.8, 4) is 0 Å². The van der Waals surface area contributed by atoms with Crippen molar-refractivity contribution in [3.63, 3.8) is 0 Å². The van der Waals surface area contributed by atoms with E-state index in [0.717, 1.165) is 35.6 Å². The van der Waals surface area contributed by atoms with Crippen LogP contribution in [0.5, 0.6) is 0 Å². The minimum atomic E-state index is 0.134. The Morgan fingerprint density at radius 3 is 2.89 bits per heavy atom. The Balaban J connectivity index is 1.48. The third-order valence-electron chi connectivity index (χ3n) is 5.03. The van der Waals surface area contributed by atoms with Gasteiger partial charge in [-0.15, -0.1) is 11.3 Å². The number of carbonyl (C=O) groups excluding carboxylic acids is 1. The summed E-state index contributed by atoms with van der Waals surface area (Å²) in [6.07, 6.45) is 3.82.